The average Bonchev–Trinajstić information content (AvgIpc) is 3.17. The number of hydrogen-bond donors (Lipinski definition) is 7. The van der Waals surface area contributed by atoms with Gasteiger partial charge < -0.3 is 36.1 Å². The van der Waals surface area contributed by atoms with Crippen LogP contribution in [0.1, 0.15) is 18.3 Å². The van der Waals surface area contributed by atoms with Crippen molar-refractivity contribution in [2.45, 2.75) is 43.7 Å². The van der Waals surface area contributed by atoms with Crippen LogP contribution in [0.4, 0.5) is 11.4 Å². The Morgan fingerprint density at radius 2 is 1.10 bits per heavy atom. The van der Waals surface area contributed by atoms with Crippen molar-refractivity contribution in [2.75, 3.05) is 35.7 Å². The first-order valence-electron chi connectivity index (χ1n) is 17.5. The minimum absolute atomic E-state index is 0.0213. The number of benzene rings is 2. The SMILES string of the molecule is C=C(C)NOCCNC(=O)Cn1c(C)ccc(NS(=O)(=O)c2ccc(I)cc2)c1=O.Cc1ccc(NS(=O)(=O)c2ccc(I)cc2)c(=O)n1CC(=O)NCCON=C(N)N. The molecule has 0 aliphatic heterocycles. The fourth-order valence-electron chi connectivity index (χ4n) is 4.70. The molecule has 2 heterocycles. The number of anilines is 2. The van der Waals surface area contributed by atoms with E-state index in [1.807, 2.05) is 0 Å². The lowest BCUT2D eigenvalue weighted by Gasteiger charge is -2.14. The number of amides is 2. The van der Waals surface area contributed by atoms with E-state index in [1.165, 1.54) is 41.0 Å². The summed E-state index contributed by atoms with van der Waals surface area (Å²) in [6.07, 6.45) is 0. The second-order valence-corrected chi connectivity index (χ2v) is 18.3. The van der Waals surface area contributed by atoms with Gasteiger partial charge in [0.05, 0.1) is 22.9 Å². The number of halogens is 2. The van der Waals surface area contributed by atoms with Gasteiger partial charge in [-0.1, -0.05) is 6.58 Å². The van der Waals surface area contributed by atoms with Crippen molar-refractivity contribution in [2.24, 2.45) is 16.6 Å². The quantitative estimate of drug-likeness (QED) is 0.0231. The number of aromatic nitrogens is 2. The molecule has 20 nitrogen and oxygen atoms in total. The standard InChI is InChI=1S/C19H23IN4O5S.C17H21IN6O5S/c1-13(2)22-29-11-10-21-18(25)12-24-14(3)4-9-17(19(24)26)23-30(27,28)16-7-5-15(20)6-8-16;1-11-2-7-14(23-30(27,28)13-5-3-12(18)4-6-13)16(26)24(11)10-15(25)21-8-9-29-22-17(19)20/h4-9,22-23H,1,10-12H2,2-3H3,(H,21,25);2-7,23H,8-10H2,1H3,(H,21,25)(H4,19,20,22). The lowest BCUT2D eigenvalue weighted by Crippen LogP contribution is -2.36. The predicted molar refractivity (Wildman–Crippen MR) is 242 cm³/mol. The van der Waals surface area contributed by atoms with Gasteiger partial charge in [0.25, 0.3) is 31.2 Å². The fraction of sp³-hybridized carbons (Fsp3) is 0.250. The molecule has 0 fully saturated rings. The van der Waals surface area contributed by atoms with Crippen LogP contribution in [-0.4, -0.2) is 70.0 Å². The van der Waals surface area contributed by atoms with E-state index in [4.69, 9.17) is 21.1 Å². The van der Waals surface area contributed by atoms with Crippen molar-refractivity contribution >= 4 is 94.4 Å². The van der Waals surface area contributed by atoms with E-state index >= 15 is 0 Å². The Hall–Kier alpha value is -5.19. The molecule has 0 radical (unpaired) electrons. The third kappa shape index (κ3) is 15.8. The molecule has 24 heteroatoms. The van der Waals surface area contributed by atoms with Crippen LogP contribution >= 0.6 is 45.2 Å². The number of allylic oxidation sites excluding steroid dienone is 1. The molecule has 2 aromatic carbocycles. The molecular formula is C36H44I2N10O10S2. The molecule has 4 aromatic rings. The highest BCUT2D eigenvalue weighted by atomic mass is 127. The Balaban J connectivity index is 0.000000320. The Kier molecular flexibility index (Phi) is 18.8. The Morgan fingerprint density at radius 3 is 1.48 bits per heavy atom. The summed E-state index contributed by atoms with van der Waals surface area (Å²) in [5.41, 5.74) is 12.9. The van der Waals surface area contributed by atoms with E-state index < -0.39 is 43.0 Å². The number of aryl methyl sites for hydroxylation is 2. The molecule has 0 aliphatic rings. The van der Waals surface area contributed by atoms with Gasteiger partial charge in [-0.05, 0) is 144 Å². The molecule has 60 heavy (non-hydrogen) atoms. The summed E-state index contributed by atoms with van der Waals surface area (Å²) in [5.74, 6) is -1.11. The van der Waals surface area contributed by atoms with Crippen LogP contribution in [-0.2, 0) is 52.4 Å². The van der Waals surface area contributed by atoms with Gasteiger partial charge in [0, 0.05) is 30.8 Å². The molecule has 0 bridgehead atoms. The number of rotatable bonds is 19. The van der Waals surface area contributed by atoms with Crippen molar-refractivity contribution in [3.8, 4) is 0 Å². The highest BCUT2D eigenvalue weighted by Gasteiger charge is 2.20. The van der Waals surface area contributed by atoms with Crippen molar-refractivity contribution in [1.82, 2.24) is 25.2 Å². The maximum atomic E-state index is 12.8. The molecule has 0 unspecified atom stereocenters. The lowest BCUT2D eigenvalue weighted by molar-refractivity contribution is -0.122. The van der Waals surface area contributed by atoms with E-state index in [0.29, 0.717) is 17.1 Å². The van der Waals surface area contributed by atoms with Gasteiger partial charge in [-0.2, -0.15) is 0 Å². The second kappa shape index (κ2) is 23.0. The van der Waals surface area contributed by atoms with Gasteiger partial charge in [-0.3, -0.25) is 38.9 Å². The van der Waals surface area contributed by atoms with Crippen molar-refractivity contribution in [3.63, 3.8) is 0 Å². The van der Waals surface area contributed by atoms with Crippen LogP contribution in [0.5, 0.6) is 0 Å². The second-order valence-electron chi connectivity index (χ2n) is 12.5. The number of carbonyl (C=O) groups is 2. The minimum Gasteiger partial charge on any atom is -0.391 e. The molecule has 0 saturated carbocycles. The minimum atomic E-state index is -3.95. The first kappa shape index (κ1) is 49.2. The summed E-state index contributed by atoms with van der Waals surface area (Å²) < 4.78 is 58.9. The van der Waals surface area contributed by atoms with E-state index in [-0.39, 0.29) is 66.5 Å². The maximum absolute atomic E-state index is 12.8. The van der Waals surface area contributed by atoms with Gasteiger partial charge in [0.15, 0.2) is 0 Å². The number of hydrogen-bond acceptors (Lipinski definition) is 12. The molecule has 2 aromatic heterocycles. The Bertz CT molecular complexity index is 2530. The number of nitrogens with zero attached hydrogens (tertiary/aromatic N) is 3. The smallest absolute Gasteiger partial charge is 0.275 e. The molecule has 0 aliphatic carbocycles. The zero-order valence-electron chi connectivity index (χ0n) is 32.5. The van der Waals surface area contributed by atoms with E-state index in [1.54, 1.807) is 57.2 Å². The number of sulfonamides is 2. The van der Waals surface area contributed by atoms with E-state index in [9.17, 15) is 36.0 Å². The van der Waals surface area contributed by atoms with Gasteiger partial charge >= 0.3 is 0 Å². The number of pyridine rings is 2. The van der Waals surface area contributed by atoms with Gasteiger partial charge in [-0.15, -0.1) is 0 Å². The van der Waals surface area contributed by atoms with Crippen LogP contribution < -0.4 is 48.1 Å². The summed E-state index contributed by atoms with van der Waals surface area (Å²) in [5, 5.41) is 8.48. The van der Waals surface area contributed by atoms with Gasteiger partial charge in [-0.25, -0.2) is 16.8 Å². The molecule has 324 valence electrons. The molecule has 0 spiro atoms. The third-order valence-corrected chi connectivity index (χ3v) is 11.8. The number of hydroxylamine groups is 1. The Morgan fingerprint density at radius 1 is 0.700 bits per heavy atom. The molecular weight excluding hydrogens is 1050 g/mol. The average molecular weight is 1090 g/mol. The van der Waals surface area contributed by atoms with E-state index in [2.05, 4.69) is 82.5 Å². The summed E-state index contributed by atoms with van der Waals surface area (Å²) >= 11 is 4.13. The maximum Gasteiger partial charge on any atom is 0.275 e. The lowest BCUT2D eigenvalue weighted by atomic mass is 10.3. The number of oxime groups is 1. The topological polar surface area (TPSA) is 289 Å². The van der Waals surface area contributed by atoms with E-state index in [0.717, 1.165) is 11.7 Å². The molecule has 9 N–H and O–H groups in total. The highest BCUT2D eigenvalue weighted by Crippen LogP contribution is 2.17. The zero-order valence-corrected chi connectivity index (χ0v) is 38.5. The zero-order chi connectivity index (χ0) is 44.6. The Labute approximate surface area is 373 Å². The van der Waals surface area contributed by atoms with Crippen molar-refractivity contribution in [3.05, 3.63) is 124 Å². The van der Waals surface area contributed by atoms with Crippen LogP contribution in [0.2, 0.25) is 0 Å². The normalized spacial score (nSPS) is 10.9. The predicted octanol–water partition coefficient (Wildman–Crippen LogP) is 1.62. The first-order valence-corrected chi connectivity index (χ1v) is 22.6. The molecule has 2 amide bonds. The number of guanidine groups is 1. The summed E-state index contributed by atoms with van der Waals surface area (Å²) in [6, 6.07) is 18.2. The summed E-state index contributed by atoms with van der Waals surface area (Å²) in [7, 11) is -7.89. The van der Waals surface area contributed by atoms with Crippen LogP contribution in [0, 0.1) is 21.0 Å². The monoisotopic (exact) mass is 1090 g/mol. The fourth-order valence-corrected chi connectivity index (χ4v) is 7.53. The molecule has 0 atom stereocenters. The van der Waals surface area contributed by atoms with Crippen molar-refractivity contribution < 1.29 is 36.1 Å². The largest absolute Gasteiger partial charge is 0.391 e. The number of nitrogens with one attached hydrogen (secondary N) is 5. The van der Waals surface area contributed by atoms with Crippen LogP contribution in [0.25, 0.3) is 0 Å². The molecule has 4 rings (SSSR count). The van der Waals surface area contributed by atoms with Crippen molar-refractivity contribution in [1.29, 1.82) is 0 Å². The number of carbonyl (C=O) groups excluding carboxylic acids is 2. The highest BCUT2D eigenvalue weighted by molar-refractivity contribution is 14.1. The third-order valence-electron chi connectivity index (χ3n) is 7.58. The van der Waals surface area contributed by atoms with Gasteiger partial charge in [0.1, 0.15) is 31.1 Å². The first-order chi connectivity index (χ1) is 28.2. The number of nitrogens with two attached hydrogens (primary N) is 2. The summed E-state index contributed by atoms with van der Waals surface area (Å²) in [4.78, 5) is 59.6. The summed E-state index contributed by atoms with van der Waals surface area (Å²) in [6.45, 7) is 8.67. The van der Waals surface area contributed by atoms with Gasteiger partial charge in [0.2, 0.25) is 17.8 Å². The van der Waals surface area contributed by atoms with Crippen LogP contribution in [0.15, 0.2) is 110 Å². The van der Waals surface area contributed by atoms with Crippen LogP contribution in [0.3, 0.4) is 0 Å². The molecule has 0 saturated heterocycles.